The number of aliphatic hydroxyl groups excluding tert-OH is 5. The van der Waals surface area contributed by atoms with E-state index in [1.165, 1.54) is 30.3 Å². The molecule has 43 heavy (non-hydrogen) atoms. The Bertz CT molecular complexity index is 1300. The van der Waals surface area contributed by atoms with Gasteiger partial charge in [-0.25, -0.2) is 4.79 Å². The molecule has 16 nitrogen and oxygen atoms in total. The average molecular weight is 613 g/mol. The molecule has 5 atom stereocenters. The number of carboxylic acid groups (broad SMARTS) is 1. The Morgan fingerprint density at radius 1 is 0.977 bits per heavy atom. The minimum Gasteiger partial charge on any atom is -0.508 e. The first-order chi connectivity index (χ1) is 20.2. The van der Waals surface area contributed by atoms with Crippen molar-refractivity contribution in [3.05, 3.63) is 53.0 Å². The van der Waals surface area contributed by atoms with Gasteiger partial charge in [-0.3, -0.25) is 4.79 Å². The van der Waals surface area contributed by atoms with E-state index < -0.39 is 60.5 Å². The fourth-order valence-corrected chi connectivity index (χ4v) is 3.92. The van der Waals surface area contributed by atoms with Crippen molar-refractivity contribution in [2.45, 2.75) is 56.1 Å². The van der Waals surface area contributed by atoms with Gasteiger partial charge in [0.25, 0.3) is 0 Å². The van der Waals surface area contributed by atoms with Gasteiger partial charge >= 0.3 is 11.9 Å². The Morgan fingerprint density at radius 3 is 2.19 bits per heavy atom. The number of nitrogens with two attached hydrogens (primary N) is 2. The maximum absolute atomic E-state index is 10.5. The number of hydrogen-bond donors (Lipinski definition) is 12. The molecular formula is C27H36N2O14. The van der Waals surface area contributed by atoms with Crippen LogP contribution in [-0.2, 0) is 20.7 Å². The molecule has 14 N–H and O–H groups in total. The first kappa shape index (κ1) is 34.7. The number of phenolic OH excluding ortho intramolecular Hbond substituents is 4. The van der Waals surface area contributed by atoms with Crippen LogP contribution in [0.2, 0.25) is 0 Å². The fraction of sp³-hybridized carbons (Fsp3) is 0.407. The molecular weight excluding hydrogens is 576 g/mol. The highest BCUT2D eigenvalue weighted by atomic mass is 16.6. The third-order valence-corrected chi connectivity index (χ3v) is 6.28. The molecule has 0 fully saturated rings. The molecule has 0 aliphatic carbocycles. The van der Waals surface area contributed by atoms with E-state index in [9.17, 15) is 35.1 Å². The van der Waals surface area contributed by atoms with Crippen LogP contribution in [0.5, 0.6) is 28.7 Å². The van der Waals surface area contributed by atoms with Crippen LogP contribution in [0.25, 0.3) is 0 Å². The third kappa shape index (κ3) is 9.25. The Hall–Kier alpha value is -4.48. The summed E-state index contributed by atoms with van der Waals surface area (Å²) in [6.07, 6.45) is -2.17. The van der Waals surface area contributed by atoms with E-state index in [1.807, 2.05) is 0 Å². The molecule has 238 valence electrons. The van der Waals surface area contributed by atoms with Crippen molar-refractivity contribution in [3.8, 4) is 28.7 Å². The molecule has 0 spiro atoms. The quantitative estimate of drug-likeness (QED) is 0.103. The highest BCUT2D eigenvalue weighted by Gasteiger charge is 2.38. The molecule has 0 bridgehead atoms. The number of carbonyl (C=O) groups excluding carboxylic acids is 1. The molecule has 0 saturated carbocycles. The summed E-state index contributed by atoms with van der Waals surface area (Å²) in [5.41, 5.74) is 11.3. The van der Waals surface area contributed by atoms with Crippen LogP contribution in [0.1, 0.15) is 36.5 Å². The van der Waals surface area contributed by atoms with E-state index in [2.05, 4.69) is 4.74 Å². The number of unbranched alkanes of at least 4 members (excludes halogenated alkanes) is 1. The van der Waals surface area contributed by atoms with Crippen molar-refractivity contribution >= 4 is 11.9 Å². The number of aliphatic hydroxyl groups is 5. The number of fused-ring (bicyclic) bond motifs is 1. The van der Waals surface area contributed by atoms with Gasteiger partial charge in [0.15, 0.2) is 23.4 Å². The Balaban J connectivity index is 0.000000250. The zero-order chi connectivity index (χ0) is 32.4. The molecule has 0 aromatic heterocycles. The predicted molar refractivity (Wildman–Crippen MR) is 146 cm³/mol. The summed E-state index contributed by atoms with van der Waals surface area (Å²) in [6.45, 7) is -0.0678. The van der Waals surface area contributed by atoms with Gasteiger partial charge in [-0.15, -0.1) is 0 Å². The van der Waals surface area contributed by atoms with Crippen LogP contribution in [0.15, 0.2) is 41.9 Å². The molecule has 2 aromatic carbocycles. The van der Waals surface area contributed by atoms with Crippen LogP contribution in [0.3, 0.4) is 0 Å². The number of cyclic esters (lactones) is 1. The average Bonchev–Trinajstić information content (AvgIpc) is 3.22. The largest absolute Gasteiger partial charge is 0.508 e. The second-order valence-electron chi connectivity index (χ2n) is 9.54. The van der Waals surface area contributed by atoms with Gasteiger partial charge in [0.1, 0.15) is 35.5 Å². The maximum Gasteiger partial charge on any atom is 0.377 e. The molecule has 2 aliphatic heterocycles. The van der Waals surface area contributed by atoms with E-state index in [4.69, 9.17) is 41.7 Å². The van der Waals surface area contributed by atoms with Gasteiger partial charge in [-0.2, -0.15) is 0 Å². The number of carbonyl (C=O) groups is 2. The van der Waals surface area contributed by atoms with E-state index >= 15 is 0 Å². The lowest BCUT2D eigenvalue weighted by Crippen LogP contribution is -2.31. The normalized spacial score (nSPS) is 20.3. The van der Waals surface area contributed by atoms with Gasteiger partial charge in [0.2, 0.25) is 5.76 Å². The van der Waals surface area contributed by atoms with Gasteiger partial charge in [0, 0.05) is 24.1 Å². The highest BCUT2D eigenvalue weighted by Crippen LogP contribution is 2.42. The summed E-state index contributed by atoms with van der Waals surface area (Å²) in [5.74, 6) is -4.30. The molecule has 2 heterocycles. The zero-order valence-corrected chi connectivity index (χ0v) is 22.8. The Morgan fingerprint density at radius 2 is 1.65 bits per heavy atom. The lowest BCUT2D eigenvalue weighted by atomic mass is 9.94. The molecule has 2 aromatic rings. The van der Waals surface area contributed by atoms with Gasteiger partial charge in [-0.1, -0.05) is 12.5 Å². The molecule has 0 radical (unpaired) electrons. The molecule has 4 rings (SSSR count). The summed E-state index contributed by atoms with van der Waals surface area (Å²) in [6, 6.07) is 5.95. The van der Waals surface area contributed by atoms with E-state index in [0.29, 0.717) is 24.1 Å². The summed E-state index contributed by atoms with van der Waals surface area (Å²) >= 11 is 0. The molecule has 1 unspecified atom stereocenters. The number of aliphatic carboxylic acids is 1. The summed E-state index contributed by atoms with van der Waals surface area (Å²) < 4.78 is 9.94. The number of ether oxygens (including phenoxy) is 2. The second-order valence-corrected chi connectivity index (χ2v) is 9.54. The number of esters is 1. The summed E-state index contributed by atoms with van der Waals surface area (Å²) in [4.78, 5) is 20.7. The van der Waals surface area contributed by atoms with E-state index in [-0.39, 0.29) is 35.2 Å². The van der Waals surface area contributed by atoms with Crippen molar-refractivity contribution in [2.24, 2.45) is 11.5 Å². The predicted octanol–water partition coefficient (Wildman–Crippen LogP) is -0.334. The van der Waals surface area contributed by atoms with Crippen molar-refractivity contribution in [3.63, 3.8) is 0 Å². The van der Waals surface area contributed by atoms with Crippen LogP contribution in [-0.4, -0.2) is 101 Å². The number of benzene rings is 2. The van der Waals surface area contributed by atoms with E-state index in [0.717, 1.165) is 12.8 Å². The van der Waals surface area contributed by atoms with Crippen molar-refractivity contribution in [1.29, 1.82) is 0 Å². The van der Waals surface area contributed by atoms with Crippen molar-refractivity contribution in [1.82, 2.24) is 0 Å². The molecule has 2 aliphatic rings. The van der Waals surface area contributed by atoms with Crippen LogP contribution >= 0.6 is 0 Å². The minimum absolute atomic E-state index is 0.143. The minimum atomic E-state index is -1.42. The molecule has 0 amide bonds. The van der Waals surface area contributed by atoms with Gasteiger partial charge in [-0.05, 0) is 37.1 Å². The monoisotopic (exact) mass is 612 g/mol. The van der Waals surface area contributed by atoms with E-state index in [1.54, 1.807) is 0 Å². The van der Waals surface area contributed by atoms with Gasteiger partial charge < -0.3 is 72.0 Å². The van der Waals surface area contributed by atoms with Crippen LogP contribution in [0, 0.1) is 0 Å². The molecule has 16 heteroatoms. The number of phenols is 4. The van der Waals surface area contributed by atoms with Crippen LogP contribution < -0.4 is 16.2 Å². The zero-order valence-electron chi connectivity index (χ0n) is 22.8. The fourth-order valence-electron chi connectivity index (χ4n) is 3.92. The van der Waals surface area contributed by atoms with Crippen LogP contribution in [0.4, 0.5) is 0 Å². The summed E-state index contributed by atoms with van der Waals surface area (Å²) in [5, 5.41) is 91.7. The standard InChI is InChI=1S/C15H14O6.C6H14N2O2.C6H8O6/c16-8-4-11(18)9-6-13(20)15(21-14(9)5-8)7-1-2-10(17)12(19)3-7;7-4-2-1-3-5(8)6(9)10;7-1-2(8)5-3(9)4(10)6(11)12-5/h1-5,13,15-20H,6H2;5H,1-4,7-8H2,(H,9,10);2,5,7-10H,1H2/t13-,15+;5-;2-,5?/m000/s1. The maximum atomic E-state index is 10.5. The Kier molecular flexibility index (Phi) is 12.6. The number of rotatable bonds is 8. The second kappa shape index (κ2) is 15.7. The lowest BCUT2D eigenvalue weighted by molar-refractivity contribution is -0.147. The molecule has 0 saturated heterocycles. The summed E-state index contributed by atoms with van der Waals surface area (Å²) in [7, 11) is 0. The van der Waals surface area contributed by atoms with Crippen molar-refractivity contribution in [2.75, 3.05) is 13.2 Å². The Labute approximate surface area is 244 Å². The number of hydrogen-bond acceptors (Lipinski definition) is 15. The highest BCUT2D eigenvalue weighted by molar-refractivity contribution is 5.89. The smallest absolute Gasteiger partial charge is 0.377 e. The lowest BCUT2D eigenvalue weighted by Gasteiger charge is -2.31. The van der Waals surface area contributed by atoms with Gasteiger partial charge in [0.05, 0.1) is 12.7 Å². The van der Waals surface area contributed by atoms with Crippen molar-refractivity contribution < 1.29 is 70.1 Å². The SMILES string of the molecule is NCCCC[C@H](N)C(=O)O.O=C1OC([C@@H](O)CO)C(O)=C1O.Oc1cc(O)c2c(c1)O[C@H](c1ccc(O)c(O)c1)[C@@H](O)C2. The first-order valence-corrected chi connectivity index (χ1v) is 12.9. The number of carboxylic acids is 1. The number of aromatic hydroxyl groups is 4. The topological polar surface area (TPSA) is 307 Å². The third-order valence-electron chi connectivity index (χ3n) is 6.28. The first-order valence-electron chi connectivity index (χ1n) is 12.9.